The highest BCUT2D eigenvalue weighted by Gasteiger charge is 2.22. The number of esters is 1. The number of para-hydroxylation sites is 2. The van der Waals surface area contributed by atoms with Gasteiger partial charge in [-0.3, -0.25) is 0 Å². The molecule has 0 bridgehead atoms. The molecule has 0 atom stereocenters. The van der Waals surface area contributed by atoms with Crippen molar-refractivity contribution in [2.75, 3.05) is 7.11 Å². The minimum atomic E-state index is -0.451. The van der Waals surface area contributed by atoms with Crippen molar-refractivity contribution in [3.8, 4) is 11.4 Å². The first-order chi connectivity index (χ1) is 14.1. The third-order valence-electron chi connectivity index (χ3n) is 5.45. The SMILES string of the molecule is COC(=O)c1nc(-c2ccc3ccccc3n2)c2[nH]c3c(C)cccc3c2c1C. The monoisotopic (exact) mass is 381 g/mol. The van der Waals surface area contributed by atoms with Crippen LogP contribution >= 0.6 is 0 Å². The molecule has 0 radical (unpaired) electrons. The number of H-pyrrole nitrogens is 1. The van der Waals surface area contributed by atoms with E-state index in [4.69, 9.17) is 14.7 Å². The van der Waals surface area contributed by atoms with Crippen LogP contribution in [0.25, 0.3) is 44.1 Å². The summed E-state index contributed by atoms with van der Waals surface area (Å²) in [4.78, 5) is 25.5. The van der Waals surface area contributed by atoms with Crippen molar-refractivity contribution in [2.24, 2.45) is 0 Å². The highest BCUT2D eigenvalue weighted by Crippen LogP contribution is 2.36. The van der Waals surface area contributed by atoms with Gasteiger partial charge in [-0.25, -0.2) is 14.8 Å². The van der Waals surface area contributed by atoms with Crippen molar-refractivity contribution < 1.29 is 9.53 Å². The Kier molecular flexibility index (Phi) is 3.84. The quantitative estimate of drug-likeness (QED) is 0.419. The van der Waals surface area contributed by atoms with Gasteiger partial charge in [0.2, 0.25) is 0 Å². The van der Waals surface area contributed by atoms with Gasteiger partial charge >= 0.3 is 5.97 Å². The first-order valence-electron chi connectivity index (χ1n) is 9.44. The summed E-state index contributed by atoms with van der Waals surface area (Å²) in [6.07, 6.45) is 0. The number of pyridine rings is 2. The summed E-state index contributed by atoms with van der Waals surface area (Å²) in [5.41, 5.74) is 6.40. The number of ether oxygens (including phenoxy) is 1. The lowest BCUT2D eigenvalue weighted by Crippen LogP contribution is -2.08. The fourth-order valence-corrected chi connectivity index (χ4v) is 3.98. The largest absolute Gasteiger partial charge is 0.464 e. The van der Waals surface area contributed by atoms with Crippen molar-refractivity contribution >= 4 is 38.7 Å². The van der Waals surface area contributed by atoms with E-state index in [9.17, 15) is 4.79 Å². The van der Waals surface area contributed by atoms with Gasteiger partial charge in [-0.1, -0.05) is 42.5 Å². The van der Waals surface area contributed by atoms with Crippen molar-refractivity contribution in [3.63, 3.8) is 0 Å². The molecule has 5 aromatic rings. The summed E-state index contributed by atoms with van der Waals surface area (Å²) in [5, 5.41) is 3.09. The number of nitrogens with zero attached hydrogens (tertiary/aromatic N) is 2. The summed E-state index contributed by atoms with van der Waals surface area (Å²) in [5.74, 6) is -0.451. The van der Waals surface area contributed by atoms with Crippen molar-refractivity contribution in [2.45, 2.75) is 13.8 Å². The number of nitrogens with one attached hydrogen (secondary N) is 1. The van der Waals surface area contributed by atoms with Crippen LogP contribution in [0.1, 0.15) is 21.6 Å². The number of benzene rings is 2. The van der Waals surface area contributed by atoms with Crippen LogP contribution in [0.2, 0.25) is 0 Å². The molecule has 1 N–H and O–H groups in total. The molecule has 3 heterocycles. The lowest BCUT2D eigenvalue weighted by Gasteiger charge is -2.10. The topological polar surface area (TPSA) is 67.9 Å². The zero-order valence-electron chi connectivity index (χ0n) is 16.4. The molecule has 29 heavy (non-hydrogen) atoms. The lowest BCUT2D eigenvalue weighted by molar-refractivity contribution is 0.0593. The van der Waals surface area contributed by atoms with Gasteiger partial charge in [-0.15, -0.1) is 0 Å². The summed E-state index contributed by atoms with van der Waals surface area (Å²) >= 11 is 0. The minimum absolute atomic E-state index is 0.312. The van der Waals surface area contributed by atoms with Crippen LogP contribution in [0.3, 0.4) is 0 Å². The van der Waals surface area contributed by atoms with E-state index in [1.54, 1.807) is 0 Å². The number of rotatable bonds is 2. The summed E-state index contributed by atoms with van der Waals surface area (Å²) in [6, 6.07) is 18.1. The molecule has 2 aromatic carbocycles. The summed E-state index contributed by atoms with van der Waals surface area (Å²) in [6.45, 7) is 3.98. The van der Waals surface area contributed by atoms with E-state index in [0.29, 0.717) is 17.1 Å². The number of carbonyl (C=O) groups excluding carboxylic acids is 1. The van der Waals surface area contributed by atoms with Gasteiger partial charge < -0.3 is 9.72 Å². The second-order valence-corrected chi connectivity index (χ2v) is 7.19. The number of aryl methyl sites for hydroxylation is 2. The van der Waals surface area contributed by atoms with Crippen LogP contribution in [0, 0.1) is 13.8 Å². The van der Waals surface area contributed by atoms with Crippen LogP contribution < -0.4 is 0 Å². The van der Waals surface area contributed by atoms with Gasteiger partial charge in [0.25, 0.3) is 0 Å². The standard InChI is InChI=1S/C24H19N3O2/c1-13-7-6-9-16-19-14(2)21(24(28)29-3)27-22(23(19)26-20(13)16)18-12-11-15-8-4-5-10-17(15)25-18/h4-12,26H,1-3H3. The van der Waals surface area contributed by atoms with Gasteiger partial charge in [0, 0.05) is 21.7 Å². The van der Waals surface area contributed by atoms with Crippen molar-refractivity contribution in [1.82, 2.24) is 15.0 Å². The molecular weight excluding hydrogens is 362 g/mol. The molecule has 5 rings (SSSR count). The highest BCUT2D eigenvalue weighted by atomic mass is 16.5. The maximum atomic E-state index is 12.5. The van der Waals surface area contributed by atoms with E-state index in [2.05, 4.69) is 24.0 Å². The predicted octanol–water partition coefficient (Wildman–Crippen LogP) is 5.33. The van der Waals surface area contributed by atoms with Crippen LogP contribution in [0.4, 0.5) is 0 Å². The van der Waals surface area contributed by atoms with Crippen LogP contribution in [-0.4, -0.2) is 28.0 Å². The maximum absolute atomic E-state index is 12.5. The van der Waals surface area contributed by atoms with E-state index >= 15 is 0 Å². The normalized spacial score (nSPS) is 11.4. The highest BCUT2D eigenvalue weighted by molar-refractivity contribution is 6.15. The van der Waals surface area contributed by atoms with E-state index in [1.165, 1.54) is 7.11 Å². The molecule has 0 saturated heterocycles. The fourth-order valence-electron chi connectivity index (χ4n) is 3.98. The Balaban J connectivity index is 1.93. The molecule has 0 fully saturated rings. The number of hydrogen-bond acceptors (Lipinski definition) is 4. The second-order valence-electron chi connectivity index (χ2n) is 7.19. The summed E-state index contributed by atoms with van der Waals surface area (Å²) < 4.78 is 5.01. The molecule has 142 valence electrons. The Labute approximate surface area is 167 Å². The Bertz CT molecular complexity index is 1430. The van der Waals surface area contributed by atoms with Crippen LogP contribution in [0.15, 0.2) is 54.6 Å². The predicted molar refractivity (Wildman–Crippen MR) is 115 cm³/mol. The molecule has 5 heteroatoms. The molecule has 5 nitrogen and oxygen atoms in total. The molecular formula is C24H19N3O2. The Morgan fingerprint density at radius 1 is 0.931 bits per heavy atom. The zero-order chi connectivity index (χ0) is 20.1. The van der Waals surface area contributed by atoms with E-state index in [1.807, 2.05) is 49.4 Å². The molecule has 3 aromatic heterocycles. The number of methoxy groups -OCH3 is 1. The van der Waals surface area contributed by atoms with Gasteiger partial charge in [0.05, 0.1) is 23.8 Å². The lowest BCUT2D eigenvalue weighted by atomic mass is 10.0. The molecule has 0 aliphatic heterocycles. The molecule has 0 spiro atoms. The van der Waals surface area contributed by atoms with Crippen LogP contribution in [0.5, 0.6) is 0 Å². The van der Waals surface area contributed by atoms with E-state index in [-0.39, 0.29) is 0 Å². The average molecular weight is 381 g/mol. The molecule has 0 amide bonds. The van der Waals surface area contributed by atoms with Crippen LogP contribution in [-0.2, 0) is 4.74 Å². The average Bonchev–Trinajstić information content (AvgIpc) is 3.15. The van der Waals surface area contributed by atoms with Gasteiger partial charge in [0.1, 0.15) is 5.69 Å². The Hall–Kier alpha value is -3.73. The van der Waals surface area contributed by atoms with Gasteiger partial charge in [-0.2, -0.15) is 0 Å². The molecule has 0 aliphatic rings. The van der Waals surface area contributed by atoms with E-state index in [0.717, 1.165) is 43.8 Å². The fraction of sp³-hybridized carbons (Fsp3) is 0.125. The third kappa shape index (κ3) is 2.58. The number of carbonyl (C=O) groups is 1. The van der Waals surface area contributed by atoms with E-state index < -0.39 is 5.97 Å². The number of hydrogen-bond donors (Lipinski definition) is 1. The van der Waals surface area contributed by atoms with Gasteiger partial charge in [0.15, 0.2) is 5.69 Å². The molecule has 0 unspecified atom stereocenters. The first kappa shape index (κ1) is 17.4. The second kappa shape index (κ2) is 6.41. The Morgan fingerprint density at radius 3 is 2.59 bits per heavy atom. The number of aromatic amines is 1. The molecule has 0 aliphatic carbocycles. The van der Waals surface area contributed by atoms with Gasteiger partial charge in [-0.05, 0) is 37.1 Å². The minimum Gasteiger partial charge on any atom is -0.464 e. The molecule has 0 saturated carbocycles. The maximum Gasteiger partial charge on any atom is 0.356 e. The van der Waals surface area contributed by atoms with Crippen molar-refractivity contribution in [3.05, 3.63) is 71.4 Å². The number of aromatic nitrogens is 3. The Morgan fingerprint density at radius 2 is 1.76 bits per heavy atom. The third-order valence-corrected chi connectivity index (χ3v) is 5.45. The smallest absolute Gasteiger partial charge is 0.356 e. The first-order valence-corrected chi connectivity index (χ1v) is 9.44. The number of fused-ring (bicyclic) bond motifs is 4. The zero-order valence-corrected chi connectivity index (χ0v) is 16.4. The van der Waals surface area contributed by atoms with Crippen molar-refractivity contribution in [1.29, 1.82) is 0 Å². The summed E-state index contributed by atoms with van der Waals surface area (Å²) in [7, 11) is 1.38.